The number of aromatic hydroxyl groups is 1. The Morgan fingerprint density at radius 1 is 1.26 bits per heavy atom. The second-order valence-corrected chi connectivity index (χ2v) is 8.25. The van der Waals surface area contributed by atoms with E-state index in [1.54, 1.807) is 26.0 Å². The molecule has 6 nitrogen and oxygen atoms in total. The number of hydrogen-bond donors (Lipinski definition) is 4. The Kier molecular flexibility index (Phi) is 9.16. The van der Waals surface area contributed by atoms with E-state index in [0.29, 0.717) is 28.5 Å². The number of rotatable bonds is 6. The van der Waals surface area contributed by atoms with E-state index in [1.165, 1.54) is 5.56 Å². The zero-order valence-electron chi connectivity index (χ0n) is 17.7. The van der Waals surface area contributed by atoms with E-state index in [2.05, 4.69) is 28.1 Å². The quantitative estimate of drug-likeness (QED) is 0.525. The van der Waals surface area contributed by atoms with Crippen molar-refractivity contribution in [3.63, 3.8) is 0 Å². The number of amides is 2. The maximum absolute atomic E-state index is 12.7. The second-order valence-electron chi connectivity index (χ2n) is 7.82. The first kappa shape index (κ1) is 25.0. The van der Waals surface area contributed by atoms with Crippen LogP contribution in [0.4, 0.5) is 0 Å². The van der Waals surface area contributed by atoms with Gasteiger partial charge in [0.25, 0.3) is 0 Å². The Balaban J connectivity index is 0.00000341. The molecule has 1 heterocycles. The van der Waals surface area contributed by atoms with Gasteiger partial charge in [-0.3, -0.25) is 9.59 Å². The van der Waals surface area contributed by atoms with Crippen molar-refractivity contribution in [1.29, 1.82) is 0 Å². The lowest BCUT2D eigenvalue weighted by atomic mass is 9.86. The van der Waals surface area contributed by atoms with Gasteiger partial charge in [0, 0.05) is 17.1 Å². The summed E-state index contributed by atoms with van der Waals surface area (Å²) in [5, 5.41) is 19.4. The van der Waals surface area contributed by atoms with Crippen LogP contribution in [-0.4, -0.2) is 35.5 Å². The Morgan fingerprint density at radius 2 is 1.97 bits per heavy atom. The summed E-state index contributed by atoms with van der Waals surface area (Å²) in [6.07, 6.45) is 1.67. The second kappa shape index (κ2) is 11.4. The minimum absolute atomic E-state index is 0. The third-order valence-corrected chi connectivity index (χ3v) is 5.76. The molecule has 2 aromatic carbocycles. The van der Waals surface area contributed by atoms with Gasteiger partial charge in [-0.25, -0.2) is 0 Å². The van der Waals surface area contributed by atoms with Gasteiger partial charge in [-0.05, 0) is 62.4 Å². The summed E-state index contributed by atoms with van der Waals surface area (Å²) in [5.74, 6) is -0.0772. The van der Waals surface area contributed by atoms with E-state index in [-0.39, 0.29) is 42.6 Å². The van der Waals surface area contributed by atoms with Crippen LogP contribution in [0.25, 0.3) is 0 Å². The molecule has 1 saturated heterocycles. The first-order chi connectivity index (χ1) is 14.3. The summed E-state index contributed by atoms with van der Waals surface area (Å²) in [5.41, 5.74) is 2.41. The summed E-state index contributed by atoms with van der Waals surface area (Å²) < 4.78 is 0. The van der Waals surface area contributed by atoms with Crippen molar-refractivity contribution in [1.82, 2.24) is 16.0 Å². The molecule has 2 aromatic rings. The zero-order valence-corrected chi connectivity index (χ0v) is 19.2. The molecule has 2 amide bonds. The zero-order chi connectivity index (χ0) is 21.7. The monoisotopic (exact) mass is 465 g/mol. The smallest absolute Gasteiger partial charge is 0.242 e. The predicted molar refractivity (Wildman–Crippen MR) is 125 cm³/mol. The predicted octanol–water partition coefficient (Wildman–Crippen LogP) is 3.43. The van der Waals surface area contributed by atoms with Crippen LogP contribution in [0.3, 0.4) is 0 Å². The molecule has 1 fully saturated rings. The van der Waals surface area contributed by atoms with Gasteiger partial charge >= 0.3 is 0 Å². The van der Waals surface area contributed by atoms with Crippen molar-refractivity contribution in [3.05, 3.63) is 64.2 Å². The minimum atomic E-state index is -0.696. The topological polar surface area (TPSA) is 90.5 Å². The molecule has 8 heteroatoms. The van der Waals surface area contributed by atoms with Crippen molar-refractivity contribution < 1.29 is 14.7 Å². The van der Waals surface area contributed by atoms with E-state index in [0.717, 1.165) is 13.0 Å². The van der Waals surface area contributed by atoms with Crippen molar-refractivity contribution in [2.75, 3.05) is 6.54 Å². The molecule has 4 N–H and O–H groups in total. The number of carbonyl (C=O) groups is 2. The van der Waals surface area contributed by atoms with Crippen molar-refractivity contribution >= 4 is 35.8 Å². The summed E-state index contributed by atoms with van der Waals surface area (Å²) in [4.78, 5) is 25.1. The van der Waals surface area contributed by atoms with Crippen LogP contribution in [0.15, 0.2) is 42.5 Å². The van der Waals surface area contributed by atoms with Gasteiger partial charge in [-0.15, -0.1) is 12.4 Å². The highest BCUT2D eigenvalue weighted by Gasteiger charge is 2.29. The molecular formula is C23H29Cl2N3O3. The SMILES string of the molecule is Cc1cc(Cl)cc(CNC(=O)[C@H](C)NC(=O)[C@H]2C[C@@H](c3ccccc3)CCN2)c1O.Cl. The molecule has 3 atom stereocenters. The highest BCUT2D eigenvalue weighted by atomic mass is 35.5. The number of aryl methyl sites for hydroxylation is 1. The lowest BCUT2D eigenvalue weighted by Crippen LogP contribution is -2.53. The van der Waals surface area contributed by atoms with Crippen LogP contribution in [0.5, 0.6) is 5.75 Å². The molecule has 168 valence electrons. The molecule has 0 bridgehead atoms. The van der Waals surface area contributed by atoms with Gasteiger partial charge in [0.1, 0.15) is 11.8 Å². The van der Waals surface area contributed by atoms with E-state index in [4.69, 9.17) is 11.6 Å². The first-order valence-corrected chi connectivity index (χ1v) is 10.6. The number of piperidine rings is 1. The molecule has 1 aliphatic heterocycles. The van der Waals surface area contributed by atoms with Crippen molar-refractivity contribution in [2.45, 2.75) is 51.2 Å². The van der Waals surface area contributed by atoms with Crippen LogP contribution in [-0.2, 0) is 16.1 Å². The van der Waals surface area contributed by atoms with Gasteiger partial charge in [0.05, 0.1) is 6.04 Å². The molecule has 0 unspecified atom stereocenters. The number of hydrogen-bond acceptors (Lipinski definition) is 4. The molecule has 3 rings (SSSR count). The maximum atomic E-state index is 12.7. The first-order valence-electron chi connectivity index (χ1n) is 10.2. The Hall–Kier alpha value is -2.28. The van der Waals surface area contributed by atoms with Gasteiger partial charge in [-0.1, -0.05) is 41.9 Å². The van der Waals surface area contributed by atoms with Crippen molar-refractivity contribution in [3.8, 4) is 5.75 Å². The Labute approximate surface area is 194 Å². The van der Waals surface area contributed by atoms with E-state index in [1.807, 2.05) is 18.2 Å². The van der Waals surface area contributed by atoms with Gasteiger partial charge in [-0.2, -0.15) is 0 Å². The summed E-state index contributed by atoms with van der Waals surface area (Å²) >= 11 is 6.02. The minimum Gasteiger partial charge on any atom is -0.507 e. The number of halogens is 2. The van der Waals surface area contributed by atoms with E-state index in [9.17, 15) is 14.7 Å². The molecule has 31 heavy (non-hydrogen) atoms. The van der Waals surface area contributed by atoms with E-state index >= 15 is 0 Å². The van der Waals surface area contributed by atoms with Crippen LogP contribution < -0.4 is 16.0 Å². The summed E-state index contributed by atoms with van der Waals surface area (Å²) in [6, 6.07) is 12.4. The molecule has 0 saturated carbocycles. The fourth-order valence-electron chi connectivity index (χ4n) is 3.80. The summed E-state index contributed by atoms with van der Waals surface area (Å²) in [6.45, 7) is 4.28. The number of phenolic OH excluding ortho intramolecular Hbond substituents is 1. The lowest BCUT2D eigenvalue weighted by molar-refractivity contribution is -0.130. The van der Waals surface area contributed by atoms with Crippen LogP contribution in [0.2, 0.25) is 5.02 Å². The molecule has 0 aliphatic carbocycles. The number of benzene rings is 2. The molecule has 0 spiro atoms. The molecule has 0 aromatic heterocycles. The highest BCUT2D eigenvalue weighted by molar-refractivity contribution is 6.30. The largest absolute Gasteiger partial charge is 0.507 e. The molecule has 1 aliphatic rings. The highest BCUT2D eigenvalue weighted by Crippen LogP contribution is 2.28. The van der Waals surface area contributed by atoms with E-state index < -0.39 is 6.04 Å². The van der Waals surface area contributed by atoms with Crippen LogP contribution >= 0.6 is 24.0 Å². The van der Waals surface area contributed by atoms with Gasteiger partial charge in [0.2, 0.25) is 11.8 Å². The van der Waals surface area contributed by atoms with Crippen LogP contribution in [0.1, 0.15) is 42.4 Å². The number of nitrogens with one attached hydrogen (secondary N) is 3. The lowest BCUT2D eigenvalue weighted by Gasteiger charge is -2.30. The number of phenols is 1. The third-order valence-electron chi connectivity index (χ3n) is 5.54. The fraction of sp³-hybridized carbons (Fsp3) is 0.391. The van der Waals surface area contributed by atoms with Crippen molar-refractivity contribution in [2.24, 2.45) is 0 Å². The maximum Gasteiger partial charge on any atom is 0.242 e. The fourth-order valence-corrected chi connectivity index (χ4v) is 4.10. The average molecular weight is 466 g/mol. The van der Waals surface area contributed by atoms with Gasteiger partial charge in [0.15, 0.2) is 0 Å². The number of carbonyl (C=O) groups excluding carboxylic acids is 2. The third kappa shape index (κ3) is 6.60. The Bertz CT molecular complexity index is 908. The van der Waals surface area contributed by atoms with Gasteiger partial charge < -0.3 is 21.1 Å². The average Bonchev–Trinajstić information content (AvgIpc) is 2.75. The molecular weight excluding hydrogens is 437 g/mol. The normalized spacial score (nSPS) is 19.1. The summed E-state index contributed by atoms with van der Waals surface area (Å²) in [7, 11) is 0. The standard InChI is InChI=1S/C23H28ClN3O3.ClH/c1-14-10-19(24)11-18(21(14)28)13-26-22(29)15(2)27-23(30)20-12-17(8-9-25-20)16-6-4-3-5-7-16;/h3-7,10-11,15,17,20,25,28H,8-9,12-13H2,1-2H3,(H,26,29)(H,27,30);1H/t15-,17-,20+;/m0./s1. The molecule has 0 radical (unpaired) electrons. The Morgan fingerprint density at radius 3 is 2.68 bits per heavy atom. The van der Waals surface area contributed by atoms with Crippen LogP contribution in [0, 0.1) is 6.92 Å².